The van der Waals surface area contributed by atoms with Gasteiger partial charge in [-0.2, -0.15) is 0 Å². The molecule has 0 saturated heterocycles. The molecule has 0 bridgehead atoms. The van der Waals surface area contributed by atoms with Gasteiger partial charge in [-0.1, -0.05) is 15.9 Å². The Balaban J connectivity index is 2.36. The highest BCUT2D eigenvalue weighted by Gasteiger charge is 2.03. The van der Waals surface area contributed by atoms with Crippen molar-refractivity contribution in [3.05, 3.63) is 26.2 Å². The van der Waals surface area contributed by atoms with E-state index in [-0.39, 0.29) is 12.5 Å². The fourth-order valence-electron chi connectivity index (χ4n) is 1.10. The van der Waals surface area contributed by atoms with Crippen LogP contribution >= 0.6 is 38.5 Å². The van der Waals surface area contributed by atoms with E-state index in [9.17, 15) is 4.79 Å². The third-order valence-corrected chi connectivity index (χ3v) is 2.92. The van der Waals surface area contributed by atoms with Gasteiger partial charge in [0.15, 0.2) is 6.61 Å². The first-order valence-electron chi connectivity index (χ1n) is 4.96. The van der Waals surface area contributed by atoms with Crippen molar-refractivity contribution in [1.29, 1.82) is 0 Å². The third kappa shape index (κ3) is 6.23. The van der Waals surface area contributed by atoms with E-state index in [0.717, 1.165) is 8.04 Å². The molecule has 0 aliphatic rings. The Morgan fingerprint density at radius 2 is 2.24 bits per heavy atom. The van der Waals surface area contributed by atoms with E-state index in [2.05, 4.69) is 43.8 Å². The second-order valence-electron chi connectivity index (χ2n) is 3.24. The number of nitrogens with one attached hydrogen (secondary N) is 1. The van der Waals surface area contributed by atoms with Crippen LogP contribution < -0.4 is 10.1 Å². The highest BCUT2D eigenvalue weighted by atomic mass is 127. The minimum absolute atomic E-state index is 0.0102. The maximum absolute atomic E-state index is 11.4. The predicted octanol–water partition coefficient (Wildman–Crippen LogP) is 2.20. The summed E-state index contributed by atoms with van der Waals surface area (Å²) in [7, 11) is 1.59. The molecule has 1 aromatic rings. The molecule has 0 aliphatic heterocycles. The van der Waals surface area contributed by atoms with Gasteiger partial charge in [-0.15, -0.1) is 0 Å². The van der Waals surface area contributed by atoms with Crippen molar-refractivity contribution in [1.82, 2.24) is 5.32 Å². The summed E-state index contributed by atoms with van der Waals surface area (Å²) in [6.45, 7) is 1.01. The van der Waals surface area contributed by atoms with Crippen LogP contribution in [0, 0.1) is 3.57 Å². The largest absolute Gasteiger partial charge is 0.484 e. The van der Waals surface area contributed by atoms with Gasteiger partial charge >= 0.3 is 0 Å². The van der Waals surface area contributed by atoms with Crippen LogP contribution in [-0.4, -0.2) is 32.8 Å². The highest BCUT2D eigenvalue weighted by molar-refractivity contribution is 14.1. The first kappa shape index (κ1) is 14.7. The number of rotatable bonds is 6. The van der Waals surface area contributed by atoms with Crippen molar-refractivity contribution < 1.29 is 14.3 Å². The Bertz CT molecular complexity index is 367. The maximum atomic E-state index is 11.4. The molecule has 0 saturated carbocycles. The van der Waals surface area contributed by atoms with Crippen molar-refractivity contribution in [3.63, 3.8) is 0 Å². The fourth-order valence-corrected chi connectivity index (χ4v) is 2.65. The van der Waals surface area contributed by atoms with Gasteiger partial charge in [0.25, 0.3) is 5.91 Å². The van der Waals surface area contributed by atoms with Crippen LogP contribution in [-0.2, 0) is 9.53 Å². The summed E-state index contributed by atoms with van der Waals surface area (Å²) in [6, 6.07) is 5.66. The number of hydrogen-bond acceptors (Lipinski definition) is 3. The van der Waals surface area contributed by atoms with E-state index >= 15 is 0 Å². The van der Waals surface area contributed by atoms with Crippen molar-refractivity contribution in [2.45, 2.75) is 0 Å². The summed E-state index contributed by atoms with van der Waals surface area (Å²) in [4.78, 5) is 11.4. The lowest BCUT2D eigenvalue weighted by Crippen LogP contribution is -2.31. The Kier molecular flexibility index (Phi) is 6.83. The van der Waals surface area contributed by atoms with Crippen LogP contribution in [0.2, 0.25) is 0 Å². The minimum Gasteiger partial charge on any atom is -0.484 e. The molecule has 0 aliphatic carbocycles. The van der Waals surface area contributed by atoms with Crippen LogP contribution in [0.3, 0.4) is 0 Å². The molecule has 0 aromatic heterocycles. The van der Waals surface area contributed by atoms with Crippen LogP contribution in [0.1, 0.15) is 0 Å². The number of amides is 1. The second-order valence-corrected chi connectivity index (χ2v) is 5.40. The number of ether oxygens (including phenoxy) is 2. The summed E-state index contributed by atoms with van der Waals surface area (Å²) in [5.74, 6) is 0.516. The molecule has 4 nitrogen and oxygen atoms in total. The molecular weight excluding hydrogens is 401 g/mol. The molecule has 1 rings (SSSR count). The van der Waals surface area contributed by atoms with Crippen molar-refractivity contribution in [2.24, 2.45) is 0 Å². The zero-order valence-electron chi connectivity index (χ0n) is 9.33. The molecule has 1 amide bonds. The first-order chi connectivity index (χ1) is 8.11. The SMILES string of the molecule is COCCNC(=O)COc1cc(Br)cc(I)c1. The quantitative estimate of drug-likeness (QED) is 0.574. The Morgan fingerprint density at radius 1 is 1.47 bits per heavy atom. The third-order valence-electron chi connectivity index (χ3n) is 1.83. The molecule has 1 aromatic carbocycles. The predicted molar refractivity (Wildman–Crippen MR) is 77.2 cm³/mol. The molecule has 0 unspecified atom stereocenters. The number of benzene rings is 1. The van der Waals surface area contributed by atoms with Gasteiger partial charge in [-0.3, -0.25) is 4.79 Å². The maximum Gasteiger partial charge on any atom is 0.258 e. The Hall–Kier alpha value is -0.340. The van der Waals surface area contributed by atoms with E-state index < -0.39 is 0 Å². The van der Waals surface area contributed by atoms with E-state index in [4.69, 9.17) is 9.47 Å². The Morgan fingerprint density at radius 3 is 2.88 bits per heavy atom. The zero-order valence-corrected chi connectivity index (χ0v) is 13.1. The average molecular weight is 414 g/mol. The zero-order chi connectivity index (χ0) is 12.7. The van der Waals surface area contributed by atoms with Crippen molar-refractivity contribution in [2.75, 3.05) is 26.9 Å². The number of hydrogen-bond donors (Lipinski definition) is 1. The van der Waals surface area contributed by atoms with Gasteiger partial charge in [-0.25, -0.2) is 0 Å². The van der Waals surface area contributed by atoms with E-state index in [1.165, 1.54) is 0 Å². The molecule has 94 valence electrons. The smallest absolute Gasteiger partial charge is 0.258 e. The molecule has 0 atom stereocenters. The molecule has 1 N–H and O–H groups in total. The lowest BCUT2D eigenvalue weighted by atomic mass is 10.3. The standard InChI is InChI=1S/C11H13BrINO3/c1-16-3-2-14-11(15)7-17-10-5-8(12)4-9(13)6-10/h4-6H,2-3,7H2,1H3,(H,14,15). The van der Waals surface area contributed by atoms with E-state index in [1.54, 1.807) is 7.11 Å². The minimum atomic E-state index is -0.156. The van der Waals surface area contributed by atoms with Crippen LogP contribution in [0.25, 0.3) is 0 Å². The van der Waals surface area contributed by atoms with Gasteiger partial charge in [0.05, 0.1) is 6.61 Å². The summed E-state index contributed by atoms with van der Waals surface area (Å²) in [6.07, 6.45) is 0. The van der Waals surface area contributed by atoms with Gasteiger partial charge in [0.1, 0.15) is 5.75 Å². The summed E-state index contributed by atoms with van der Waals surface area (Å²) in [5, 5.41) is 2.68. The summed E-state index contributed by atoms with van der Waals surface area (Å²) < 4.78 is 12.2. The van der Waals surface area contributed by atoms with Crippen molar-refractivity contribution in [3.8, 4) is 5.75 Å². The normalized spacial score (nSPS) is 10.1. The van der Waals surface area contributed by atoms with E-state index in [0.29, 0.717) is 18.9 Å². The summed E-state index contributed by atoms with van der Waals surface area (Å²) >= 11 is 5.56. The highest BCUT2D eigenvalue weighted by Crippen LogP contribution is 2.22. The average Bonchev–Trinajstić information content (AvgIpc) is 2.25. The first-order valence-corrected chi connectivity index (χ1v) is 6.83. The molecular formula is C11H13BrINO3. The topological polar surface area (TPSA) is 47.6 Å². The van der Waals surface area contributed by atoms with Crippen molar-refractivity contribution >= 4 is 44.4 Å². The number of carbonyl (C=O) groups is 1. The fraction of sp³-hybridized carbons (Fsp3) is 0.364. The lowest BCUT2D eigenvalue weighted by Gasteiger charge is -2.08. The second kappa shape index (κ2) is 7.88. The van der Waals surface area contributed by atoms with Crippen LogP contribution in [0.5, 0.6) is 5.75 Å². The van der Waals surface area contributed by atoms with Crippen LogP contribution in [0.4, 0.5) is 0 Å². The lowest BCUT2D eigenvalue weighted by molar-refractivity contribution is -0.123. The molecule has 17 heavy (non-hydrogen) atoms. The number of methoxy groups -OCH3 is 1. The molecule has 0 heterocycles. The molecule has 0 fully saturated rings. The number of halogens is 2. The summed E-state index contributed by atoms with van der Waals surface area (Å²) in [5.41, 5.74) is 0. The van der Waals surface area contributed by atoms with E-state index in [1.807, 2.05) is 18.2 Å². The number of carbonyl (C=O) groups excluding carboxylic acids is 1. The molecule has 0 radical (unpaired) electrons. The molecule has 6 heteroatoms. The Labute approximate surface area is 122 Å². The van der Waals surface area contributed by atoms with Gasteiger partial charge < -0.3 is 14.8 Å². The van der Waals surface area contributed by atoms with Gasteiger partial charge in [-0.05, 0) is 40.8 Å². The monoisotopic (exact) mass is 413 g/mol. The van der Waals surface area contributed by atoms with Crippen LogP contribution in [0.15, 0.2) is 22.7 Å². The molecule has 0 spiro atoms. The van der Waals surface area contributed by atoms with Gasteiger partial charge in [0.2, 0.25) is 0 Å². The van der Waals surface area contributed by atoms with Gasteiger partial charge in [0, 0.05) is 21.7 Å².